The number of benzene rings is 2. The molecule has 0 spiro atoms. The Labute approximate surface area is 133 Å². The van der Waals surface area contributed by atoms with Crippen LogP contribution in [0.15, 0.2) is 48.5 Å². The van der Waals surface area contributed by atoms with Gasteiger partial charge in [0.2, 0.25) is 0 Å². The van der Waals surface area contributed by atoms with Gasteiger partial charge >= 0.3 is 0 Å². The number of nitrogens with zero attached hydrogens (tertiary/aromatic N) is 2. The van der Waals surface area contributed by atoms with Gasteiger partial charge in [-0.2, -0.15) is 0 Å². The number of hydrogen-bond acceptors (Lipinski definition) is 2. The molecule has 0 radical (unpaired) electrons. The lowest BCUT2D eigenvalue weighted by atomic mass is 9.99. The normalized spacial score (nSPS) is 12.3. The van der Waals surface area contributed by atoms with Gasteiger partial charge in [-0.05, 0) is 55.9 Å². The van der Waals surface area contributed by atoms with Crippen molar-refractivity contribution in [2.45, 2.75) is 13.0 Å². The minimum Gasteiger partial charge on any atom is -0.345 e. The summed E-state index contributed by atoms with van der Waals surface area (Å²) in [6.07, 6.45) is 0. The van der Waals surface area contributed by atoms with E-state index < -0.39 is 0 Å². The fourth-order valence-electron chi connectivity index (χ4n) is 2.34. The average Bonchev–Trinajstić information content (AvgIpc) is 2.53. The largest absolute Gasteiger partial charge is 0.345 e. The lowest BCUT2D eigenvalue weighted by Gasteiger charge is -2.20. The molecule has 2 aromatic rings. The van der Waals surface area contributed by atoms with Gasteiger partial charge in [0, 0.05) is 25.7 Å². The summed E-state index contributed by atoms with van der Waals surface area (Å²) in [5.41, 5.74) is 4.31. The summed E-state index contributed by atoms with van der Waals surface area (Å²) in [4.78, 5) is 15.7. The quantitative estimate of drug-likeness (QED) is 0.859. The maximum absolute atomic E-state index is 11.9. The van der Waals surface area contributed by atoms with E-state index in [2.05, 4.69) is 50.2 Å². The predicted molar refractivity (Wildman–Crippen MR) is 92.0 cm³/mol. The Hall–Kier alpha value is -2.13. The third-order valence-corrected chi connectivity index (χ3v) is 4.01. The molecule has 1 atom stereocenters. The molecule has 0 fully saturated rings. The first kappa shape index (κ1) is 16.2. The fraction of sp³-hybridized carbons (Fsp3) is 0.316. The summed E-state index contributed by atoms with van der Waals surface area (Å²) in [6, 6.07) is 16.7. The van der Waals surface area contributed by atoms with Crippen molar-refractivity contribution in [1.29, 1.82) is 0 Å². The van der Waals surface area contributed by atoms with Crippen molar-refractivity contribution < 1.29 is 4.79 Å². The van der Waals surface area contributed by atoms with Crippen LogP contribution in [0.5, 0.6) is 0 Å². The number of carbonyl (C=O) groups excluding carboxylic acids is 1. The van der Waals surface area contributed by atoms with Gasteiger partial charge in [-0.15, -0.1) is 0 Å². The molecule has 3 heteroatoms. The zero-order valence-corrected chi connectivity index (χ0v) is 14.0. The highest BCUT2D eigenvalue weighted by Gasteiger charge is 2.10. The molecule has 2 aromatic carbocycles. The standard InChI is InChI=1S/C19H24N2O/c1-14(20(2)3)17-7-6-8-18(13-17)15-9-11-16(12-10-15)19(22)21(4)5/h6-14H,1-5H3/t14-/m0/s1. The van der Waals surface area contributed by atoms with Crippen molar-refractivity contribution in [2.24, 2.45) is 0 Å². The van der Waals surface area contributed by atoms with Gasteiger partial charge in [-0.3, -0.25) is 4.79 Å². The first-order valence-corrected chi connectivity index (χ1v) is 7.48. The second-order valence-electron chi connectivity index (χ2n) is 6.04. The maximum atomic E-state index is 11.9. The Morgan fingerprint density at radius 3 is 2.09 bits per heavy atom. The molecule has 0 saturated carbocycles. The number of carbonyl (C=O) groups is 1. The highest BCUT2D eigenvalue weighted by atomic mass is 16.2. The third kappa shape index (κ3) is 3.55. The smallest absolute Gasteiger partial charge is 0.253 e. The Morgan fingerprint density at radius 2 is 1.55 bits per heavy atom. The van der Waals surface area contributed by atoms with Crippen LogP contribution >= 0.6 is 0 Å². The van der Waals surface area contributed by atoms with Crippen LogP contribution in [0.3, 0.4) is 0 Å². The molecule has 0 aliphatic rings. The van der Waals surface area contributed by atoms with Gasteiger partial charge in [0.05, 0.1) is 0 Å². The molecule has 0 aliphatic heterocycles. The Balaban J connectivity index is 2.29. The van der Waals surface area contributed by atoms with E-state index in [9.17, 15) is 4.79 Å². The molecule has 0 unspecified atom stereocenters. The van der Waals surface area contributed by atoms with Crippen LogP contribution in [0.4, 0.5) is 0 Å². The van der Waals surface area contributed by atoms with Crippen LogP contribution in [0.2, 0.25) is 0 Å². The first-order valence-electron chi connectivity index (χ1n) is 7.48. The Morgan fingerprint density at radius 1 is 0.909 bits per heavy atom. The SMILES string of the molecule is C[C@@H](c1cccc(-c2ccc(C(=O)N(C)C)cc2)c1)N(C)C. The van der Waals surface area contributed by atoms with Crippen molar-refractivity contribution in [3.05, 3.63) is 59.7 Å². The van der Waals surface area contributed by atoms with Gasteiger partial charge in [0.1, 0.15) is 0 Å². The fourth-order valence-corrected chi connectivity index (χ4v) is 2.34. The van der Waals surface area contributed by atoms with Crippen LogP contribution in [-0.2, 0) is 0 Å². The molecule has 2 rings (SSSR count). The highest BCUT2D eigenvalue weighted by molar-refractivity contribution is 5.94. The van der Waals surface area contributed by atoms with Gasteiger partial charge in [0.25, 0.3) is 5.91 Å². The van der Waals surface area contributed by atoms with Crippen LogP contribution in [-0.4, -0.2) is 43.9 Å². The maximum Gasteiger partial charge on any atom is 0.253 e. The van der Waals surface area contributed by atoms with Crippen molar-refractivity contribution >= 4 is 5.91 Å². The van der Waals surface area contributed by atoms with Gasteiger partial charge in [-0.25, -0.2) is 0 Å². The van der Waals surface area contributed by atoms with Crippen LogP contribution < -0.4 is 0 Å². The summed E-state index contributed by atoms with van der Waals surface area (Å²) in [7, 11) is 7.70. The van der Waals surface area contributed by atoms with E-state index in [0.717, 1.165) is 5.56 Å². The zero-order valence-electron chi connectivity index (χ0n) is 14.0. The monoisotopic (exact) mass is 296 g/mol. The highest BCUT2D eigenvalue weighted by Crippen LogP contribution is 2.25. The Bertz CT molecular complexity index is 645. The molecule has 22 heavy (non-hydrogen) atoms. The molecular formula is C19H24N2O. The molecule has 3 nitrogen and oxygen atoms in total. The molecule has 0 heterocycles. The molecule has 1 amide bonds. The first-order chi connectivity index (χ1) is 10.4. The summed E-state index contributed by atoms with van der Waals surface area (Å²) in [5, 5.41) is 0. The van der Waals surface area contributed by atoms with Crippen LogP contribution in [0, 0.1) is 0 Å². The van der Waals surface area contributed by atoms with E-state index >= 15 is 0 Å². The predicted octanol–water partition coefficient (Wildman–Crippen LogP) is 3.68. The minimum atomic E-state index is 0.0292. The van der Waals surface area contributed by atoms with Crippen molar-refractivity contribution in [3.8, 4) is 11.1 Å². The van der Waals surface area contributed by atoms with E-state index in [0.29, 0.717) is 11.6 Å². The minimum absolute atomic E-state index is 0.0292. The zero-order chi connectivity index (χ0) is 16.3. The summed E-state index contributed by atoms with van der Waals surface area (Å²) >= 11 is 0. The Kier molecular flexibility index (Phi) is 4.99. The lowest BCUT2D eigenvalue weighted by molar-refractivity contribution is 0.0827. The van der Waals surface area contributed by atoms with Crippen LogP contribution in [0.25, 0.3) is 11.1 Å². The second kappa shape index (κ2) is 6.75. The number of hydrogen-bond donors (Lipinski definition) is 0. The van der Waals surface area contributed by atoms with Crippen molar-refractivity contribution in [3.63, 3.8) is 0 Å². The molecule has 0 bridgehead atoms. The summed E-state index contributed by atoms with van der Waals surface area (Å²) < 4.78 is 0. The molecule has 0 aromatic heterocycles. The molecule has 0 saturated heterocycles. The molecule has 116 valence electrons. The van der Waals surface area contributed by atoms with E-state index in [1.807, 2.05) is 24.3 Å². The van der Waals surface area contributed by atoms with Crippen molar-refractivity contribution in [1.82, 2.24) is 9.80 Å². The average molecular weight is 296 g/mol. The summed E-state index contributed by atoms with van der Waals surface area (Å²) in [6.45, 7) is 2.19. The van der Waals surface area contributed by atoms with E-state index in [-0.39, 0.29) is 5.91 Å². The molecular weight excluding hydrogens is 272 g/mol. The van der Waals surface area contributed by atoms with E-state index in [4.69, 9.17) is 0 Å². The van der Waals surface area contributed by atoms with Crippen molar-refractivity contribution in [2.75, 3.05) is 28.2 Å². The number of rotatable bonds is 4. The summed E-state index contributed by atoms with van der Waals surface area (Å²) in [5.74, 6) is 0.0292. The molecule has 0 N–H and O–H groups in total. The number of amides is 1. The molecule has 0 aliphatic carbocycles. The third-order valence-electron chi connectivity index (χ3n) is 4.01. The van der Waals surface area contributed by atoms with Crippen LogP contribution in [0.1, 0.15) is 28.9 Å². The topological polar surface area (TPSA) is 23.6 Å². The van der Waals surface area contributed by atoms with Gasteiger partial charge < -0.3 is 9.80 Å². The van der Waals surface area contributed by atoms with Gasteiger partial charge in [-0.1, -0.05) is 30.3 Å². The van der Waals surface area contributed by atoms with Gasteiger partial charge in [0.15, 0.2) is 0 Å². The second-order valence-corrected chi connectivity index (χ2v) is 6.04. The van der Waals surface area contributed by atoms with E-state index in [1.54, 1.807) is 19.0 Å². The van der Waals surface area contributed by atoms with E-state index in [1.165, 1.54) is 11.1 Å². The lowest BCUT2D eigenvalue weighted by Crippen LogP contribution is -2.21.